The number of rotatable bonds is 9. The van der Waals surface area contributed by atoms with Crippen molar-refractivity contribution in [3.8, 4) is 0 Å². The molecule has 2 aromatic heterocycles. The molecule has 2 amide bonds. The van der Waals surface area contributed by atoms with Crippen LogP contribution in [0.5, 0.6) is 0 Å². The summed E-state index contributed by atoms with van der Waals surface area (Å²) in [5.41, 5.74) is 5.66. The van der Waals surface area contributed by atoms with Crippen molar-refractivity contribution in [2.45, 2.75) is 52.2 Å². The monoisotopic (exact) mass is 538 g/mol. The minimum absolute atomic E-state index is 0.0441. The van der Waals surface area contributed by atoms with Crippen molar-refractivity contribution in [2.75, 3.05) is 30.4 Å². The number of carbonyl (C=O) groups excluding carboxylic acids is 2. The van der Waals surface area contributed by atoms with E-state index in [1.165, 1.54) is 12.5 Å². The average molecular weight is 539 g/mol. The highest BCUT2D eigenvalue weighted by Crippen LogP contribution is 2.25. The number of hydrogen-bond donors (Lipinski definition) is 2. The molecule has 4 aromatic rings. The summed E-state index contributed by atoms with van der Waals surface area (Å²) in [5.74, 6) is 0.848. The molecule has 1 fully saturated rings. The molecular formula is C32H38N6O2. The number of benzene rings is 2. The van der Waals surface area contributed by atoms with Crippen molar-refractivity contribution in [2.24, 2.45) is 0 Å². The first-order chi connectivity index (χ1) is 19.4. The summed E-state index contributed by atoms with van der Waals surface area (Å²) in [6.07, 6.45) is 4.58. The molecule has 1 saturated heterocycles. The lowest BCUT2D eigenvalue weighted by Crippen LogP contribution is -2.44. The topological polar surface area (TPSA) is 82.0 Å². The molecule has 0 spiro atoms. The first kappa shape index (κ1) is 27.4. The maximum atomic E-state index is 13.3. The number of piperidine rings is 1. The van der Waals surface area contributed by atoms with Gasteiger partial charge in [-0.2, -0.15) is 0 Å². The van der Waals surface area contributed by atoms with Crippen molar-refractivity contribution in [1.29, 1.82) is 0 Å². The molecule has 8 nitrogen and oxygen atoms in total. The number of likely N-dealkylation sites (tertiary alicyclic amines) is 1. The van der Waals surface area contributed by atoms with E-state index in [0.29, 0.717) is 12.1 Å². The number of carbonyl (C=O) groups is 2. The van der Waals surface area contributed by atoms with Gasteiger partial charge in [-0.15, -0.1) is 0 Å². The Morgan fingerprint density at radius 1 is 0.975 bits per heavy atom. The SMILES string of the molecule is CCc1nc2ccc(C(=O)NC3CCN(Cc4ccccc4)CC3)cn2c1N(C)Cc1ccc(NC(C)=O)cc1. The van der Waals surface area contributed by atoms with E-state index in [1.807, 2.05) is 60.1 Å². The van der Waals surface area contributed by atoms with Crippen LogP contribution in [0, 0.1) is 0 Å². The van der Waals surface area contributed by atoms with Crippen molar-refractivity contribution in [3.63, 3.8) is 0 Å². The van der Waals surface area contributed by atoms with Gasteiger partial charge in [0.1, 0.15) is 11.5 Å². The Bertz CT molecular complexity index is 1460. The number of amides is 2. The number of pyridine rings is 1. The average Bonchev–Trinajstić information content (AvgIpc) is 3.33. The van der Waals surface area contributed by atoms with Crippen LogP contribution >= 0.6 is 0 Å². The van der Waals surface area contributed by atoms with Crippen LogP contribution in [-0.4, -0.2) is 52.3 Å². The van der Waals surface area contributed by atoms with Crippen LogP contribution < -0.4 is 15.5 Å². The molecule has 0 atom stereocenters. The van der Waals surface area contributed by atoms with E-state index in [4.69, 9.17) is 4.98 Å². The van der Waals surface area contributed by atoms with Gasteiger partial charge in [0.05, 0.1) is 11.3 Å². The fraction of sp³-hybridized carbons (Fsp3) is 0.344. The summed E-state index contributed by atoms with van der Waals surface area (Å²) in [5, 5.41) is 6.08. The van der Waals surface area contributed by atoms with Crippen LogP contribution in [0.4, 0.5) is 11.5 Å². The van der Waals surface area contributed by atoms with Gasteiger partial charge in [0, 0.05) is 58.1 Å². The second-order valence-corrected chi connectivity index (χ2v) is 10.6. The molecule has 2 aromatic carbocycles. The van der Waals surface area contributed by atoms with Gasteiger partial charge in [-0.25, -0.2) is 4.98 Å². The van der Waals surface area contributed by atoms with Gasteiger partial charge in [-0.05, 0) is 54.7 Å². The molecule has 1 aliphatic rings. The van der Waals surface area contributed by atoms with E-state index in [2.05, 4.69) is 51.6 Å². The molecule has 0 unspecified atom stereocenters. The first-order valence-corrected chi connectivity index (χ1v) is 14.1. The maximum Gasteiger partial charge on any atom is 0.252 e. The molecule has 5 rings (SSSR count). The second kappa shape index (κ2) is 12.3. The van der Waals surface area contributed by atoms with Gasteiger partial charge in [-0.1, -0.05) is 49.4 Å². The van der Waals surface area contributed by atoms with Gasteiger partial charge >= 0.3 is 0 Å². The molecule has 8 heteroatoms. The highest BCUT2D eigenvalue weighted by molar-refractivity contribution is 5.94. The molecule has 2 N–H and O–H groups in total. The van der Waals surface area contributed by atoms with E-state index < -0.39 is 0 Å². The standard InChI is InChI=1S/C32H38N6O2/c1-4-29-32(36(3)20-25-10-13-27(14-11-25)33-23(2)39)38-22-26(12-15-30(38)35-29)31(40)34-28-16-18-37(19-17-28)21-24-8-6-5-7-9-24/h5-15,22,28H,4,16-21H2,1-3H3,(H,33,39)(H,34,40). The molecule has 0 radical (unpaired) electrons. The Hall–Kier alpha value is -4.17. The fourth-order valence-corrected chi connectivity index (χ4v) is 5.45. The third-order valence-corrected chi connectivity index (χ3v) is 7.49. The largest absolute Gasteiger partial charge is 0.355 e. The smallest absolute Gasteiger partial charge is 0.252 e. The predicted molar refractivity (Wildman–Crippen MR) is 160 cm³/mol. The van der Waals surface area contributed by atoms with Gasteiger partial charge < -0.3 is 15.5 Å². The third-order valence-electron chi connectivity index (χ3n) is 7.49. The maximum absolute atomic E-state index is 13.3. The summed E-state index contributed by atoms with van der Waals surface area (Å²) < 4.78 is 2.03. The molecule has 0 bridgehead atoms. The highest BCUT2D eigenvalue weighted by Gasteiger charge is 2.22. The van der Waals surface area contributed by atoms with Crippen molar-refractivity contribution < 1.29 is 9.59 Å². The number of hydrogen-bond acceptors (Lipinski definition) is 5. The zero-order valence-electron chi connectivity index (χ0n) is 23.6. The Labute approximate surface area is 236 Å². The van der Waals surface area contributed by atoms with Crippen LogP contribution in [0.15, 0.2) is 72.9 Å². The Morgan fingerprint density at radius 2 is 1.70 bits per heavy atom. The lowest BCUT2D eigenvalue weighted by Gasteiger charge is -2.32. The van der Waals surface area contributed by atoms with Crippen LogP contribution in [-0.2, 0) is 24.3 Å². The van der Waals surface area contributed by atoms with Gasteiger partial charge in [0.25, 0.3) is 5.91 Å². The molecule has 0 saturated carbocycles. The van der Waals surface area contributed by atoms with Crippen LogP contribution in [0.1, 0.15) is 53.9 Å². The van der Waals surface area contributed by atoms with Gasteiger partial charge in [0.15, 0.2) is 0 Å². The van der Waals surface area contributed by atoms with Gasteiger partial charge in [-0.3, -0.25) is 18.9 Å². The number of aromatic nitrogens is 2. The fourth-order valence-electron chi connectivity index (χ4n) is 5.45. The Balaban J connectivity index is 1.25. The number of nitrogens with zero attached hydrogens (tertiary/aromatic N) is 4. The highest BCUT2D eigenvalue weighted by atomic mass is 16.2. The zero-order chi connectivity index (χ0) is 28.1. The summed E-state index contributed by atoms with van der Waals surface area (Å²) in [6, 6.07) is 22.4. The number of anilines is 2. The normalized spacial score (nSPS) is 14.3. The third kappa shape index (κ3) is 6.51. The predicted octanol–water partition coefficient (Wildman–Crippen LogP) is 4.89. The van der Waals surface area contributed by atoms with E-state index in [1.54, 1.807) is 0 Å². The molecular weight excluding hydrogens is 500 g/mol. The second-order valence-electron chi connectivity index (χ2n) is 10.6. The number of aryl methyl sites for hydroxylation is 1. The minimum Gasteiger partial charge on any atom is -0.355 e. The number of fused-ring (bicyclic) bond motifs is 1. The van der Waals surface area contributed by atoms with Crippen LogP contribution in [0.3, 0.4) is 0 Å². The molecule has 0 aliphatic carbocycles. The minimum atomic E-state index is -0.0865. The summed E-state index contributed by atoms with van der Waals surface area (Å²) in [7, 11) is 2.04. The summed E-state index contributed by atoms with van der Waals surface area (Å²) >= 11 is 0. The summed E-state index contributed by atoms with van der Waals surface area (Å²) in [6.45, 7) is 7.16. The summed E-state index contributed by atoms with van der Waals surface area (Å²) in [4.78, 5) is 34.1. The molecule has 3 heterocycles. The van der Waals surface area contributed by atoms with Crippen LogP contribution in [0.2, 0.25) is 0 Å². The lowest BCUT2D eigenvalue weighted by atomic mass is 10.0. The van der Waals surface area contributed by atoms with E-state index in [-0.39, 0.29) is 17.9 Å². The Kier molecular flexibility index (Phi) is 8.45. The van der Waals surface area contributed by atoms with Crippen LogP contribution in [0.25, 0.3) is 5.65 Å². The van der Waals surface area contributed by atoms with E-state index >= 15 is 0 Å². The van der Waals surface area contributed by atoms with Crippen molar-refractivity contribution >= 4 is 29.0 Å². The molecule has 208 valence electrons. The Morgan fingerprint density at radius 3 is 2.38 bits per heavy atom. The molecule has 1 aliphatic heterocycles. The zero-order valence-corrected chi connectivity index (χ0v) is 23.6. The van der Waals surface area contributed by atoms with E-state index in [0.717, 1.165) is 67.3 Å². The first-order valence-electron chi connectivity index (χ1n) is 14.1. The van der Waals surface area contributed by atoms with Crippen molar-refractivity contribution in [3.05, 3.63) is 95.3 Å². The van der Waals surface area contributed by atoms with Gasteiger partial charge in [0.2, 0.25) is 5.91 Å². The van der Waals surface area contributed by atoms with E-state index in [9.17, 15) is 9.59 Å². The lowest BCUT2D eigenvalue weighted by molar-refractivity contribution is -0.114. The quantitative estimate of drug-likeness (QED) is 0.317. The number of nitrogens with one attached hydrogen (secondary N) is 2. The number of imidazole rings is 1. The molecule has 40 heavy (non-hydrogen) atoms. The van der Waals surface area contributed by atoms with Crippen molar-refractivity contribution in [1.82, 2.24) is 19.6 Å².